The summed E-state index contributed by atoms with van der Waals surface area (Å²) in [4.78, 5) is 2.58. The topological polar surface area (TPSA) is 13.1 Å². The van der Waals surface area contributed by atoms with Crippen LogP contribution in [0.2, 0.25) is 0 Å². The van der Waals surface area contributed by atoms with Crippen LogP contribution in [0, 0.1) is 0 Å². The Labute approximate surface area is 261 Å². The molecule has 1 aliphatic carbocycles. The third kappa shape index (κ3) is 3.41. The van der Waals surface area contributed by atoms with Crippen molar-refractivity contribution in [1.82, 2.24) is 9.13 Å². The summed E-state index contributed by atoms with van der Waals surface area (Å²) < 4.78 is 4.85. The Morgan fingerprint density at radius 2 is 1.02 bits per heavy atom. The molecule has 0 saturated heterocycles. The molecule has 6 aromatic carbocycles. The zero-order valence-electron chi connectivity index (χ0n) is 24.6. The third-order valence-corrected chi connectivity index (χ3v) is 9.82. The Morgan fingerprint density at radius 1 is 0.444 bits per heavy atom. The first kappa shape index (κ1) is 24.6. The van der Waals surface area contributed by atoms with Gasteiger partial charge in [-0.15, -0.1) is 0 Å². The standard InChI is InChI=1S/C42H29N3/c1-2-13-28(14-3-1)43-38-22-11-7-18-33(38)42-40(43)23-12-24-41(42)45-37-21-10-6-17-32(37)34-27-29(25-26-39(34)45)44-35-19-8-4-15-30(35)31-16-5-9-20-36(31)44/h1-27,34,39H. The normalized spacial score (nSPS) is 17.3. The fourth-order valence-electron chi connectivity index (χ4n) is 8.02. The molecule has 0 spiro atoms. The number of nitrogens with zero attached hydrogens (tertiary/aromatic N) is 3. The van der Waals surface area contributed by atoms with Gasteiger partial charge in [-0.3, -0.25) is 0 Å². The highest BCUT2D eigenvalue weighted by molar-refractivity contribution is 6.16. The van der Waals surface area contributed by atoms with Gasteiger partial charge in [0.1, 0.15) is 0 Å². The summed E-state index contributed by atoms with van der Waals surface area (Å²) >= 11 is 0. The van der Waals surface area contributed by atoms with Crippen LogP contribution in [-0.2, 0) is 0 Å². The van der Waals surface area contributed by atoms with Crippen LogP contribution in [0.5, 0.6) is 0 Å². The van der Waals surface area contributed by atoms with E-state index in [1.165, 1.54) is 71.9 Å². The van der Waals surface area contributed by atoms with Gasteiger partial charge < -0.3 is 14.0 Å². The van der Waals surface area contributed by atoms with Crippen molar-refractivity contribution in [3.63, 3.8) is 0 Å². The lowest BCUT2D eigenvalue weighted by Gasteiger charge is -2.30. The molecule has 1 aliphatic heterocycles. The van der Waals surface area contributed by atoms with Crippen LogP contribution in [0.15, 0.2) is 164 Å². The fraction of sp³-hybridized carbons (Fsp3) is 0.0476. The van der Waals surface area contributed by atoms with Crippen molar-refractivity contribution in [3.05, 3.63) is 169 Å². The molecule has 2 aromatic heterocycles. The fourth-order valence-corrected chi connectivity index (χ4v) is 8.02. The number of hydrogen-bond donors (Lipinski definition) is 0. The maximum atomic E-state index is 2.58. The van der Waals surface area contributed by atoms with Crippen LogP contribution in [0.3, 0.4) is 0 Å². The summed E-state index contributed by atoms with van der Waals surface area (Å²) in [6, 6.07) is 53.0. The van der Waals surface area contributed by atoms with Crippen LogP contribution < -0.4 is 4.90 Å². The molecule has 10 rings (SSSR count). The van der Waals surface area contributed by atoms with Crippen LogP contribution >= 0.6 is 0 Å². The van der Waals surface area contributed by atoms with Gasteiger partial charge in [0, 0.05) is 44.5 Å². The maximum Gasteiger partial charge on any atom is 0.0631 e. The van der Waals surface area contributed by atoms with E-state index < -0.39 is 0 Å². The number of para-hydroxylation sites is 5. The molecule has 0 bridgehead atoms. The Balaban J connectivity index is 1.19. The molecule has 0 N–H and O–H groups in total. The smallest absolute Gasteiger partial charge is 0.0631 e. The SMILES string of the molecule is C1=CC2C(C=C1n1c3ccccc3c3ccccc31)c1ccccc1N2c1cccc2c1c1ccccc1n2-c1ccccc1. The average molecular weight is 576 g/mol. The quantitative estimate of drug-likeness (QED) is 0.204. The van der Waals surface area contributed by atoms with Crippen molar-refractivity contribution in [1.29, 1.82) is 0 Å². The zero-order valence-corrected chi connectivity index (χ0v) is 24.6. The van der Waals surface area contributed by atoms with Crippen LogP contribution in [0.25, 0.3) is 55.0 Å². The van der Waals surface area contributed by atoms with E-state index in [-0.39, 0.29) is 12.0 Å². The molecule has 3 heteroatoms. The molecule has 0 fully saturated rings. The van der Waals surface area contributed by atoms with Crippen molar-refractivity contribution in [3.8, 4) is 5.69 Å². The summed E-state index contributed by atoms with van der Waals surface area (Å²) in [5.74, 6) is 0.221. The van der Waals surface area contributed by atoms with E-state index in [1.807, 2.05) is 0 Å². The predicted octanol–water partition coefficient (Wildman–Crippen LogP) is 10.6. The second-order valence-corrected chi connectivity index (χ2v) is 12.1. The molecule has 0 saturated carbocycles. The Kier molecular flexibility index (Phi) is 5.11. The molecule has 3 nitrogen and oxygen atoms in total. The van der Waals surface area contributed by atoms with E-state index in [1.54, 1.807) is 0 Å². The molecule has 45 heavy (non-hydrogen) atoms. The van der Waals surface area contributed by atoms with E-state index in [0.717, 1.165) is 0 Å². The predicted molar refractivity (Wildman–Crippen MR) is 189 cm³/mol. The highest BCUT2D eigenvalue weighted by Crippen LogP contribution is 2.51. The van der Waals surface area contributed by atoms with Crippen LogP contribution in [0.1, 0.15) is 11.5 Å². The highest BCUT2D eigenvalue weighted by Gasteiger charge is 2.39. The van der Waals surface area contributed by atoms with Crippen molar-refractivity contribution in [2.45, 2.75) is 12.0 Å². The first-order valence-corrected chi connectivity index (χ1v) is 15.7. The summed E-state index contributed by atoms with van der Waals surface area (Å²) in [7, 11) is 0. The van der Waals surface area contributed by atoms with Crippen molar-refractivity contribution in [2.75, 3.05) is 4.90 Å². The number of hydrogen-bond acceptors (Lipinski definition) is 1. The number of aromatic nitrogens is 2. The molecule has 0 amide bonds. The van der Waals surface area contributed by atoms with Gasteiger partial charge in [-0.25, -0.2) is 0 Å². The number of anilines is 2. The second-order valence-electron chi connectivity index (χ2n) is 12.1. The second kappa shape index (κ2) is 9.35. The Hall–Kier alpha value is -5.80. The Morgan fingerprint density at radius 3 is 1.78 bits per heavy atom. The number of fused-ring (bicyclic) bond motifs is 9. The number of benzene rings is 6. The first-order valence-electron chi connectivity index (χ1n) is 15.7. The van der Waals surface area contributed by atoms with Gasteiger partial charge in [-0.2, -0.15) is 0 Å². The molecular formula is C42H29N3. The molecule has 2 aliphatic rings. The van der Waals surface area contributed by atoms with E-state index in [9.17, 15) is 0 Å². The molecule has 0 radical (unpaired) electrons. The zero-order chi connectivity index (χ0) is 29.5. The van der Waals surface area contributed by atoms with Gasteiger partial charge in [-0.1, -0.05) is 109 Å². The monoisotopic (exact) mass is 575 g/mol. The lowest BCUT2D eigenvalue weighted by molar-refractivity contribution is 0.745. The van der Waals surface area contributed by atoms with Gasteiger partial charge >= 0.3 is 0 Å². The minimum atomic E-state index is 0.170. The van der Waals surface area contributed by atoms with Crippen LogP contribution in [-0.4, -0.2) is 15.2 Å². The third-order valence-electron chi connectivity index (χ3n) is 9.82. The molecule has 212 valence electrons. The summed E-state index contributed by atoms with van der Waals surface area (Å²) in [6.45, 7) is 0. The lowest BCUT2D eigenvalue weighted by Crippen LogP contribution is -2.29. The van der Waals surface area contributed by atoms with Gasteiger partial charge in [0.05, 0.1) is 33.8 Å². The van der Waals surface area contributed by atoms with Crippen molar-refractivity contribution < 1.29 is 0 Å². The lowest BCUT2D eigenvalue weighted by atomic mass is 9.90. The highest BCUT2D eigenvalue weighted by atomic mass is 15.2. The molecule has 8 aromatic rings. The van der Waals surface area contributed by atoms with Crippen molar-refractivity contribution >= 4 is 60.7 Å². The van der Waals surface area contributed by atoms with Gasteiger partial charge in [0.25, 0.3) is 0 Å². The van der Waals surface area contributed by atoms with Crippen LogP contribution in [0.4, 0.5) is 11.4 Å². The van der Waals surface area contributed by atoms with Crippen molar-refractivity contribution in [2.24, 2.45) is 0 Å². The largest absolute Gasteiger partial charge is 0.333 e. The average Bonchev–Trinajstić information content (AvgIpc) is 3.74. The van der Waals surface area contributed by atoms with Gasteiger partial charge in [0.2, 0.25) is 0 Å². The molecule has 3 heterocycles. The molecule has 2 atom stereocenters. The summed E-state index contributed by atoms with van der Waals surface area (Å²) in [5, 5.41) is 5.14. The molecule has 2 unspecified atom stereocenters. The number of allylic oxidation sites excluding steroid dienone is 2. The van der Waals surface area contributed by atoms with E-state index in [0.29, 0.717) is 0 Å². The van der Waals surface area contributed by atoms with Gasteiger partial charge in [0.15, 0.2) is 0 Å². The maximum absolute atomic E-state index is 2.58. The summed E-state index contributed by atoms with van der Waals surface area (Å²) in [6.07, 6.45) is 7.26. The minimum Gasteiger partial charge on any atom is -0.333 e. The Bertz CT molecular complexity index is 2460. The van der Waals surface area contributed by atoms with E-state index >= 15 is 0 Å². The van der Waals surface area contributed by atoms with E-state index in [4.69, 9.17) is 0 Å². The van der Waals surface area contributed by atoms with Gasteiger partial charge in [-0.05, 0) is 60.2 Å². The minimum absolute atomic E-state index is 0.170. The summed E-state index contributed by atoms with van der Waals surface area (Å²) in [5.41, 5.74) is 11.2. The first-order chi connectivity index (χ1) is 22.4. The molecular weight excluding hydrogens is 546 g/mol. The number of rotatable bonds is 3. The van der Waals surface area contributed by atoms with E-state index in [2.05, 4.69) is 178 Å².